The molecule has 3 heterocycles. The Morgan fingerprint density at radius 1 is 1.24 bits per heavy atom. The van der Waals surface area contributed by atoms with Crippen LogP contribution in [0.25, 0.3) is 0 Å². The first-order chi connectivity index (χ1) is 16.3. The van der Waals surface area contributed by atoms with Crippen LogP contribution in [-0.4, -0.2) is 45.6 Å². The number of aromatic nitrogens is 2. The van der Waals surface area contributed by atoms with Crippen molar-refractivity contribution >= 4 is 29.3 Å². The van der Waals surface area contributed by atoms with Crippen LogP contribution in [0.2, 0.25) is 5.02 Å². The molecule has 2 amide bonds. The molecule has 7 nitrogen and oxygen atoms in total. The first-order valence-corrected chi connectivity index (χ1v) is 12.9. The fourth-order valence-electron chi connectivity index (χ4n) is 5.58. The number of likely N-dealkylation sites (tertiary alicyclic amines) is 1. The maximum absolute atomic E-state index is 13.9. The van der Waals surface area contributed by atoms with Gasteiger partial charge in [0.05, 0.1) is 18.3 Å². The molecule has 2 aliphatic heterocycles. The van der Waals surface area contributed by atoms with E-state index in [4.69, 9.17) is 21.3 Å². The molecule has 1 aliphatic carbocycles. The topological polar surface area (TPSA) is 67.7 Å². The van der Waals surface area contributed by atoms with E-state index in [2.05, 4.69) is 11.5 Å². The molecule has 1 saturated heterocycles. The van der Waals surface area contributed by atoms with Gasteiger partial charge in [-0.2, -0.15) is 0 Å². The smallest absolute Gasteiger partial charge is 0.410 e. The highest BCUT2D eigenvalue weighted by Gasteiger charge is 2.59. The number of carbonyl (C=O) groups is 2. The number of rotatable bonds is 6. The Balaban J connectivity index is 1.46. The zero-order valence-corrected chi connectivity index (χ0v) is 21.0. The number of aryl methyl sites for hydroxylation is 1. The summed E-state index contributed by atoms with van der Waals surface area (Å²) in [5.74, 6) is 0.975. The van der Waals surface area contributed by atoms with Crippen LogP contribution >= 0.6 is 11.6 Å². The third-order valence-electron chi connectivity index (χ3n) is 7.28. The van der Waals surface area contributed by atoms with E-state index in [1.807, 2.05) is 36.9 Å². The lowest BCUT2D eigenvalue weighted by Crippen LogP contribution is -2.65. The SMILES string of the molecule is CCCCn1c(CN2C(=O)C3(CN(C(=O)OC(C)C)C3)c3cc(Cl)ccc32)nc2c1CCCC2. The van der Waals surface area contributed by atoms with Crippen molar-refractivity contribution < 1.29 is 14.3 Å². The number of anilines is 1. The summed E-state index contributed by atoms with van der Waals surface area (Å²) in [7, 11) is 0. The highest BCUT2D eigenvalue weighted by atomic mass is 35.5. The number of benzene rings is 1. The second-order valence-corrected chi connectivity index (χ2v) is 10.5. The summed E-state index contributed by atoms with van der Waals surface area (Å²) in [6.07, 6.45) is 6.07. The summed E-state index contributed by atoms with van der Waals surface area (Å²) < 4.78 is 7.71. The third-order valence-corrected chi connectivity index (χ3v) is 7.52. The molecule has 1 fully saturated rings. The van der Waals surface area contributed by atoms with Gasteiger partial charge in [0.1, 0.15) is 11.2 Å². The predicted molar refractivity (Wildman–Crippen MR) is 131 cm³/mol. The van der Waals surface area contributed by atoms with E-state index in [0.717, 1.165) is 49.3 Å². The molecule has 3 aliphatic rings. The van der Waals surface area contributed by atoms with Crippen molar-refractivity contribution in [1.29, 1.82) is 0 Å². The summed E-state index contributed by atoms with van der Waals surface area (Å²) in [5, 5.41) is 0.593. The van der Waals surface area contributed by atoms with Crippen molar-refractivity contribution in [2.75, 3.05) is 18.0 Å². The fourth-order valence-corrected chi connectivity index (χ4v) is 5.75. The molecule has 34 heavy (non-hydrogen) atoms. The van der Waals surface area contributed by atoms with Crippen LogP contribution in [-0.2, 0) is 40.9 Å². The minimum Gasteiger partial charge on any atom is -0.447 e. The van der Waals surface area contributed by atoms with Crippen molar-refractivity contribution in [3.8, 4) is 0 Å². The van der Waals surface area contributed by atoms with Gasteiger partial charge in [0.15, 0.2) is 0 Å². The van der Waals surface area contributed by atoms with E-state index >= 15 is 0 Å². The molecule has 0 unspecified atom stereocenters. The van der Waals surface area contributed by atoms with Crippen molar-refractivity contribution in [3.63, 3.8) is 0 Å². The Labute approximate surface area is 206 Å². The number of imidazole rings is 1. The second-order valence-electron chi connectivity index (χ2n) is 10.1. The molecular weight excluding hydrogens is 452 g/mol. The first kappa shape index (κ1) is 23.2. The lowest BCUT2D eigenvalue weighted by Gasteiger charge is -2.46. The maximum Gasteiger partial charge on any atom is 0.410 e. The molecule has 0 radical (unpaired) electrons. The van der Waals surface area contributed by atoms with Gasteiger partial charge >= 0.3 is 6.09 Å². The van der Waals surface area contributed by atoms with Crippen LogP contribution < -0.4 is 4.90 Å². The van der Waals surface area contributed by atoms with E-state index in [0.29, 0.717) is 24.7 Å². The molecule has 1 aromatic carbocycles. The number of amides is 2. The minimum atomic E-state index is -0.767. The number of hydrogen-bond acceptors (Lipinski definition) is 4. The first-order valence-electron chi connectivity index (χ1n) is 12.5. The average molecular weight is 485 g/mol. The van der Waals surface area contributed by atoms with Gasteiger partial charge in [-0.25, -0.2) is 9.78 Å². The van der Waals surface area contributed by atoms with E-state index < -0.39 is 5.41 Å². The summed E-state index contributed by atoms with van der Waals surface area (Å²) in [6, 6.07) is 5.64. The number of hydrogen-bond donors (Lipinski definition) is 0. The number of fused-ring (bicyclic) bond motifs is 3. The number of halogens is 1. The largest absolute Gasteiger partial charge is 0.447 e. The van der Waals surface area contributed by atoms with E-state index in [9.17, 15) is 9.59 Å². The Morgan fingerprint density at radius 2 is 2.00 bits per heavy atom. The normalized spacial score (nSPS) is 18.3. The quantitative estimate of drug-likeness (QED) is 0.587. The lowest BCUT2D eigenvalue weighted by atomic mass is 9.75. The highest BCUT2D eigenvalue weighted by molar-refractivity contribution is 6.31. The van der Waals surface area contributed by atoms with Crippen LogP contribution in [0, 0.1) is 0 Å². The van der Waals surface area contributed by atoms with Crippen LogP contribution in [0.3, 0.4) is 0 Å². The van der Waals surface area contributed by atoms with E-state index in [1.54, 1.807) is 4.90 Å². The second kappa shape index (κ2) is 8.91. The van der Waals surface area contributed by atoms with Crippen LogP contribution in [0.4, 0.5) is 10.5 Å². The number of carbonyl (C=O) groups excluding carboxylic acids is 2. The summed E-state index contributed by atoms with van der Waals surface area (Å²) in [6.45, 7) is 7.83. The van der Waals surface area contributed by atoms with Crippen LogP contribution in [0.1, 0.15) is 69.2 Å². The molecule has 182 valence electrons. The van der Waals surface area contributed by atoms with Gasteiger partial charge in [0, 0.05) is 36.0 Å². The number of nitrogens with zero attached hydrogens (tertiary/aromatic N) is 4. The minimum absolute atomic E-state index is 0.0152. The van der Waals surface area contributed by atoms with Crippen molar-refractivity contribution in [2.24, 2.45) is 0 Å². The zero-order valence-electron chi connectivity index (χ0n) is 20.3. The maximum atomic E-state index is 13.9. The number of ether oxygens (including phenoxy) is 1. The fraction of sp³-hybridized carbons (Fsp3) is 0.577. The lowest BCUT2D eigenvalue weighted by molar-refractivity contribution is -0.128. The predicted octanol–water partition coefficient (Wildman–Crippen LogP) is 4.86. The molecule has 2 aromatic rings. The van der Waals surface area contributed by atoms with Gasteiger partial charge in [-0.05, 0) is 69.7 Å². The molecule has 1 spiro atoms. The molecule has 1 aromatic heterocycles. The third kappa shape index (κ3) is 3.78. The average Bonchev–Trinajstić information content (AvgIpc) is 3.23. The molecule has 0 atom stereocenters. The van der Waals surface area contributed by atoms with Crippen molar-refractivity contribution in [1.82, 2.24) is 14.5 Å². The van der Waals surface area contributed by atoms with Crippen molar-refractivity contribution in [3.05, 3.63) is 46.0 Å². The molecule has 0 N–H and O–H groups in total. The van der Waals surface area contributed by atoms with E-state index in [1.165, 1.54) is 24.2 Å². The Morgan fingerprint density at radius 3 is 2.74 bits per heavy atom. The van der Waals surface area contributed by atoms with Crippen LogP contribution in [0.5, 0.6) is 0 Å². The molecule has 0 saturated carbocycles. The standard InChI is InChI=1S/C26H33ClN4O3/c1-4-5-12-30-22-9-7-6-8-20(22)28-23(30)14-31-21-11-10-18(27)13-19(21)26(24(31)32)15-29(16-26)25(33)34-17(2)3/h10-11,13,17H,4-9,12,14-16H2,1-3H3. The summed E-state index contributed by atoms with van der Waals surface area (Å²) >= 11 is 6.35. The van der Waals surface area contributed by atoms with Gasteiger partial charge in [0.2, 0.25) is 5.91 Å². The van der Waals surface area contributed by atoms with E-state index in [-0.39, 0.29) is 18.1 Å². The highest BCUT2D eigenvalue weighted by Crippen LogP contribution is 2.49. The molecule has 8 heteroatoms. The molecular formula is C26H33ClN4O3. The van der Waals surface area contributed by atoms with Gasteiger partial charge in [-0.3, -0.25) is 4.79 Å². The van der Waals surface area contributed by atoms with Gasteiger partial charge in [-0.15, -0.1) is 0 Å². The Hall–Kier alpha value is -2.54. The monoisotopic (exact) mass is 484 g/mol. The van der Waals surface area contributed by atoms with Gasteiger partial charge in [-0.1, -0.05) is 24.9 Å². The zero-order chi connectivity index (χ0) is 24.0. The van der Waals surface area contributed by atoms with Gasteiger partial charge in [0.25, 0.3) is 0 Å². The van der Waals surface area contributed by atoms with Gasteiger partial charge < -0.3 is 19.1 Å². The molecule has 5 rings (SSSR count). The Bertz CT molecular complexity index is 1120. The van der Waals surface area contributed by atoms with Crippen LogP contribution in [0.15, 0.2) is 18.2 Å². The number of unbranched alkanes of at least 4 members (excludes halogenated alkanes) is 1. The Kier molecular flexibility index (Phi) is 6.09. The molecule has 0 bridgehead atoms. The van der Waals surface area contributed by atoms with Crippen molar-refractivity contribution in [2.45, 2.75) is 83.9 Å². The summed E-state index contributed by atoms with van der Waals surface area (Å²) in [5.41, 5.74) is 3.54. The summed E-state index contributed by atoms with van der Waals surface area (Å²) in [4.78, 5) is 34.8.